The van der Waals surface area contributed by atoms with Gasteiger partial charge in [-0.15, -0.1) is 0 Å². The molecule has 0 bridgehead atoms. The molecule has 0 radical (unpaired) electrons. The van der Waals surface area contributed by atoms with Crippen LogP contribution in [-0.4, -0.2) is 43.7 Å². The summed E-state index contributed by atoms with van der Waals surface area (Å²) < 4.78 is 23.8. The summed E-state index contributed by atoms with van der Waals surface area (Å²) in [6.07, 6.45) is 1.08. The highest BCUT2D eigenvalue weighted by Crippen LogP contribution is 2.32. The highest BCUT2D eigenvalue weighted by molar-refractivity contribution is 8.00. The van der Waals surface area contributed by atoms with Crippen molar-refractivity contribution in [3.8, 4) is 0 Å². The molecule has 0 saturated carbocycles. The Morgan fingerprint density at radius 3 is 2.70 bits per heavy atom. The van der Waals surface area contributed by atoms with Gasteiger partial charge in [0.1, 0.15) is 0 Å². The van der Waals surface area contributed by atoms with Crippen molar-refractivity contribution in [1.29, 1.82) is 0 Å². The van der Waals surface area contributed by atoms with E-state index in [0.29, 0.717) is 10.9 Å². The van der Waals surface area contributed by atoms with E-state index in [2.05, 4.69) is 6.92 Å². The number of sulfone groups is 1. The van der Waals surface area contributed by atoms with Gasteiger partial charge in [0.15, 0.2) is 9.84 Å². The standard InChI is InChI=1S/C12H16N2O4S2/c1-9-8-13(5-6-19-9)11-4-3-10(14(15)16)7-12(11)20(2,17)18/h3-4,7,9H,5-6,8H2,1-2H3. The van der Waals surface area contributed by atoms with Gasteiger partial charge in [0.05, 0.1) is 15.5 Å². The molecular weight excluding hydrogens is 300 g/mol. The summed E-state index contributed by atoms with van der Waals surface area (Å²) in [5, 5.41) is 11.2. The molecule has 110 valence electrons. The van der Waals surface area contributed by atoms with Crippen molar-refractivity contribution in [3.05, 3.63) is 28.3 Å². The van der Waals surface area contributed by atoms with Crippen molar-refractivity contribution in [1.82, 2.24) is 0 Å². The lowest BCUT2D eigenvalue weighted by atomic mass is 10.2. The maximum Gasteiger partial charge on any atom is 0.270 e. The third-order valence-corrected chi connectivity index (χ3v) is 5.40. The Labute approximate surface area is 122 Å². The predicted molar refractivity (Wildman–Crippen MR) is 80.3 cm³/mol. The summed E-state index contributed by atoms with van der Waals surface area (Å²) in [5.41, 5.74) is 0.360. The maximum atomic E-state index is 11.9. The van der Waals surface area contributed by atoms with Crippen molar-refractivity contribution in [2.24, 2.45) is 0 Å². The number of nitrogens with zero attached hydrogens (tertiary/aromatic N) is 2. The van der Waals surface area contributed by atoms with Crippen LogP contribution in [0.2, 0.25) is 0 Å². The van der Waals surface area contributed by atoms with Crippen LogP contribution in [0.4, 0.5) is 11.4 Å². The van der Waals surface area contributed by atoms with Gasteiger partial charge in [0.2, 0.25) is 0 Å². The van der Waals surface area contributed by atoms with E-state index in [0.717, 1.165) is 31.2 Å². The molecule has 1 aromatic carbocycles. The van der Waals surface area contributed by atoms with Gasteiger partial charge < -0.3 is 4.90 Å². The molecule has 1 saturated heterocycles. The molecule has 1 heterocycles. The number of hydrogen-bond donors (Lipinski definition) is 0. The van der Waals surface area contributed by atoms with Crippen LogP contribution in [0.15, 0.2) is 23.1 Å². The molecule has 1 unspecified atom stereocenters. The Morgan fingerprint density at radius 1 is 1.45 bits per heavy atom. The predicted octanol–water partition coefficient (Wildman–Crippen LogP) is 1.94. The smallest absolute Gasteiger partial charge is 0.270 e. The molecule has 0 aliphatic carbocycles. The van der Waals surface area contributed by atoms with Crippen LogP contribution in [0, 0.1) is 10.1 Å². The molecule has 1 aromatic rings. The molecule has 0 amide bonds. The zero-order chi connectivity index (χ0) is 14.9. The zero-order valence-electron chi connectivity index (χ0n) is 11.3. The topological polar surface area (TPSA) is 80.5 Å². The minimum atomic E-state index is -3.51. The Bertz CT molecular complexity index is 630. The average Bonchev–Trinajstić information content (AvgIpc) is 2.37. The number of thioether (sulfide) groups is 1. The monoisotopic (exact) mass is 316 g/mol. The fourth-order valence-electron chi connectivity index (χ4n) is 2.21. The summed E-state index contributed by atoms with van der Waals surface area (Å²) in [6, 6.07) is 4.05. The molecule has 0 aromatic heterocycles. The molecule has 2 rings (SSSR count). The first-order valence-corrected chi connectivity index (χ1v) is 9.08. The first-order chi connectivity index (χ1) is 9.29. The van der Waals surface area contributed by atoms with Crippen molar-refractivity contribution >= 4 is 33.0 Å². The van der Waals surface area contributed by atoms with Crippen LogP contribution in [0.25, 0.3) is 0 Å². The Morgan fingerprint density at radius 2 is 2.15 bits per heavy atom. The molecule has 1 fully saturated rings. The van der Waals surface area contributed by atoms with Crippen molar-refractivity contribution < 1.29 is 13.3 Å². The second kappa shape index (κ2) is 5.61. The highest BCUT2D eigenvalue weighted by atomic mass is 32.2. The third kappa shape index (κ3) is 3.24. The van der Waals surface area contributed by atoms with E-state index in [9.17, 15) is 18.5 Å². The van der Waals surface area contributed by atoms with Gasteiger partial charge in [0.25, 0.3) is 5.69 Å². The number of rotatable bonds is 3. The molecule has 1 atom stereocenters. The fraction of sp³-hybridized carbons (Fsp3) is 0.500. The number of hydrogen-bond acceptors (Lipinski definition) is 6. The van der Waals surface area contributed by atoms with Crippen LogP contribution in [0.5, 0.6) is 0 Å². The molecule has 0 N–H and O–H groups in total. The van der Waals surface area contributed by atoms with E-state index in [1.54, 1.807) is 0 Å². The molecule has 0 spiro atoms. The Balaban J connectivity index is 2.49. The summed E-state index contributed by atoms with van der Waals surface area (Å²) in [6.45, 7) is 3.57. The van der Waals surface area contributed by atoms with E-state index in [1.165, 1.54) is 12.1 Å². The average molecular weight is 316 g/mol. The quantitative estimate of drug-likeness (QED) is 0.626. The molecule has 1 aliphatic heterocycles. The van der Waals surface area contributed by atoms with E-state index < -0.39 is 14.8 Å². The lowest BCUT2D eigenvalue weighted by Crippen LogP contribution is -2.37. The summed E-state index contributed by atoms with van der Waals surface area (Å²) >= 11 is 1.84. The first-order valence-electron chi connectivity index (χ1n) is 6.14. The second-order valence-corrected chi connectivity index (χ2v) is 8.34. The number of benzene rings is 1. The van der Waals surface area contributed by atoms with Crippen molar-refractivity contribution in [2.75, 3.05) is 30.0 Å². The highest BCUT2D eigenvalue weighted by Gasteiger charge is 2.25. The first kappa shape index (κ1) is 15.1. The van der Waals surface area contributed by atoms with E-state index in [4.69, 9.17) is 0 Å². The number of nitro benzene ring substituents is 1. The van der Waals surface area contributed by atoms with Crippen LogP contribution in [0.3, 0.4) is 0 Å². The number of non-ortho nitro benzene ring substituents is 1. The fourth-order valence-corrected chi connectivity index (χ4v) is 4.14. The minimum Gasteiger partial charge on any atom is -0.369 e. The van der Waals surface area contributed by atoms with Gasteiger partial charge >= 0.3 is 0 Å². The number of nitro groups is 1. The van der Waals surface area contributed by atoms with Gasteiger partial charge in [-0.05, 0) is 6.07 Å². The third-order valence-electron chi connectivity index (χ3n) is 3.14. The van der Waals surface area contributed by atoms with Crippen molar-refractivity contribution in [2.45, 2.75) is 17.1 Å². The van der Waals surface area contributed by atoms with E-state index in [1.807, 2.05) is 16.7 Å². The Kier molecular flexibility index (Phi) is 4.24. The zero-order valence-corrected chi connectivity index (χ0v) is 12.9. The SMILES string of the molecule is CC1CN(c2ccc([N+](=O)[O-])cc2S(C)(=O)=O)CCS1. The molecule has 6 nitrogen and oxygen atoms in total. The minimum absolute atomic E-state index is 0.0331. The molecular formula is C12H16N2O4S2. The summed E-state index contributed by atoms with van der Waals surface area (Å²) in [7, 11) is -3.51. The normalized spacial score (nSPS) is 19.9. The Hall–Kier alpha value is -1.28. The molecule has 1 aliphatic rings. The van der Waals surface area contributed by atoms with Gasteiger partial charge in [-0.25, -0.2) is 8.42 Å². The largest absolute Gasteiger partial charge is 0.369 e. The molecule has 8 heteroatoms. The summed E-state index contributed by atoms with van der Waals surface area (Å²) in [5.74, 6) is 0.918. The van der Waals surface area contributed by atoms with Crippen molar-refractivity contribution in [3.63, 3.8) is 0 Å². The van der Waals surface area contributed by atoms with Gasteiger partial charge in [-0.2, -0.15) is 11.8 Å². The summed E-state index contributed by atoms with van der Waals surface area (Å²) in [4.78, 5) is 12.3. The lowest BCUT2D eigenvalue weighted by Gasteiger charge is -2.33. The maximum absolute atomic E-state index is 11.9. The van der Waals surface area contributed by atoms with Gasteiger partial charge in [-0.1, -0.05) is 6.92 Å². The van der Waals surface area contributed by atoms with Crippen LogP contribution >= 0.6 is 11.8 Å². The van der Waals surface area contributed by atoms with E-state index >= 15 is 0 Å². The van der Waals surface area contributed by atoms with Crippen LogP contribution in [-0.2, 0) is 9.84 Å². The second-order valence-electron chi connectivity index (χ2n) is 4.81. The lowest BCUT2D eigenvalue weighted by molar-refractivity contribution is -0.385. The van der Waals surface area contributed by atoms with E-state index in [-0.39, 0.29) is 10.6 Å². The van der Waals surface area contributed by atoms with Crippen LogP contribution < -0.4 is 4.90 Å². The molecule has 20 heavy (non-hydrogen) atoms. The van der Waals surface area contributed by atoms with Crippen LogP contribution in [0.1, 0.15) is 6.92 Å². The van der Waals surface area contributed by atoms with Gasteiger partial charge in [0, 0.05) is 42.5 Å². The number of anilines is 1. The van der Waals surface area contributed by atoms with Gasteiger partial charge in [-0.3, -0.25) is 10.1 Å².